The Bertz CT molecular complexity index is 1380. The molecule has 1 saturated heterocycles. The van der Waals surface area contributed by atoms with Crippen LogP contribution in [0, 0.1) is 0 Å². The predicted molar refractivity (Wildman–Crippen MR) is 121 cm³/mol. The second-order valence-corrected chi connectivity index (χ2v) is 7.92. The number of aromatic amines is 1. The Balaban J connectivity index is 1.47. The SMILES string of the molecule is NC(=O)C1CCCN1c1cc(-c2cc3c4c(n[nH]c4c2)Nc2ccccc2O3)nc(N)n1. The maximum absolute atomic E-state index is 11.9. The zero-order chi connectivity index (χ0) is 21.8. The van der Waals surface area contributed by atoms with Gasteiger partial charge in [0.05, 0.1) is 22.3 Å². The number of carbonyl (C=O) groups excluding carboxylic acids is 1. The number of carbonyl (C=O) groups is 1. The van der Waals surface area contributed by atoms with Crippen LogP contribution in [0.15, 0.2) is 42.5 Å². The van der Waals surface area contributed by atoms with Crippen molar-refractivity contribution in [3.63, 3.8) is 0 Å². The van der Waals surface area contributed by atoms with E-state index in [1.165, 1.54) is 0 Å². The number of ether oxygens (including phenoxy) is 1. The number of hydrogen-bond donors (Lipinski definition) is 4. The van der Waals surface area contributed by atoms with Gasteiger partial charge in [-0.2, -0.15) is 10.1 Å². The van der Waals surface area contributed by atoms with E-state index in [2.05, 4.69) is 25.5 Å². The van der Waals surface area contributed by atoms with E-state index in [4.69, 9.17) is 16.2 Å². The van der Waals surface area contributed by atoms with E-state index in [1.807, 2.05) is 47.4 Å². The van der Waals surface area contributed by atoms with E-state index in [0.29, 0.717) is 41.8 Å². The highest BCUT2D eigenvalue weighted by Gasteiger charge is 2.30. The summed E-state index contributed by atoms with van der Waals surface area (Å²) < 4.78 is 6.24. The van der Waals surface area contributed by atoms with Crippen LogP contribution in [0.2, 0.25) is 0 Å². The molecule has 10 heteroatoms. The standard InChI is InChI=1S/C22H20N8O2/c23-20(31)15-5-3-7-30(15)18-10-13(26-22(24)27-18)11-8-14-19-17(9-11)32-16-6-2-1-4-12(16)25-21(19)29-28-14/h1-2,4,6,8-10,15H,3,5,7H2,(H2,23,31)(H2,24,26,27)(H2,25,28,29). The highest BCUT2D eigenvalue weighted by atomic mass is 16.5. The number of primary amides is 1. The van der Waals surface area contributed by atoms with E-state index in [0.717, 1.165) is 28.6 Å². The van der Waals surface area contributed by atoms with Crippen LogP contribution in [-0.4, -0.2) is 38.7 Å². The number of H-pyrrole nitrogens is 1. The zero-order valence-corrected chi connectivity index (χ0v) is 17.0. The molecule has 2 aromatic heterocycles. The van der Waals surface area contributed by atoms with Crippen LogP contribution in [0.1, 0.15) is 12.8 Å². The average Bonchev–Trinajstić information content (AvgIpc) is 3.39. The van der Waals surface area contributed by atoms with Gasteiger partial charge in [0.2, 0.25) is 11.9 Å². The van der Waals surface area contributed by atoms with Crippen LogP contribution in [-0.2, 0) is 4.79 Å². The van der Waals surface area contributed by atoms with Crippen LogP contribution in [0.4, 0.5) is 23.3 Å². The second kappa shape index (κ2) is 6.84. The maximum Gasteiger partial charge on any atom is 0.240 e. The van der Waals surface area contributed by atoms with Crippen molar-refractivity contribution < 1.29 is 9.53 Å². The summed E-state index contributed by atoms with van der Waals surface area (Å²) in [5.74, 6) is 2.38. The molecule has 0 radical (unpaired) electrons. The molecule has 2 aliphatic rings. The summed E-state index contributed by atoms with van der Waals surface area (Å²) in [5, 5.41) is 11.6. The number of nitrogens with zero attached hydrogens (tertiary/aromatic N) is 4. The molecule has 1 amide bonds. The smallest absolute Gasteiger partial charge is 0.240 e. The lowest BCUT2D eigenvalue weighted by molar-refractivity contribution is -0.119. The van der Waals surface area contributed by atoms with Gasteiger partial charge in [0, 0.05) is 18.2 Å². The van der Waals surface area contributed by atoms with E-state index >= 15 is 0 Å². The van der Waals surface area contributed by atoms with Crippen LogP contribution < -0.4 is 26.4 Å². The monoisotopic (exact) mass is 428 g/mol. The first-order valence-corrected chi connectivity index (χ1v) is 10.3. The summed E-state index contributed by atoms with van der Waals surface area (Å²) in [4.78, 5) is 22.6. The summed E-state index contributed by atoms with van der Waals surface area (Å²) in [6.45, 7) is 0.684. The van der Waals surface area contributed by atoms with E-state index in [1.54, 1.807) is 0 Å². The van der Waals surface area contributed by atoms with Gasteiger partial charge in [0.1, 0.15) is 17.6 Å². The fourth-order valence-electron chi connectivity index (χ4n) is 4.43. The molecular formula is C22H20N8O2. The van der Waals surface area contributed by atoms with Gasteiger partial charge < -0.3 is 26.4 Å². The third-order valence-corrected chi connectivity index (χ3v) is 5.89. The highest BCUT2D eigenvalue weighted by molar-refractivity contribution is 6.00. The minimum absolute atomic E-state index is 0.122. The van der Waals surface area contributed by atoms with Crippen molar-refractivity contribution in [1.82, 2.24) is 20.2 Å². The molecule has 2 aliphatic heterocycles. The van der Waals surface area contributed by atoms with Crippen molar-refractivity contribution in [1.29, 1.82) is 0 Å². The number of nitrogens with two attached hydrogens (primary N) is 2. The lowest BCUT2D eigenvalue weighted by Crippen LogP contribution is -2.40. The minimum Gasteiger partial charge on any atom is -0.454 e. The first kappa shape index (κ1) is 18.4. The Kier molecular flexibility index (Phi) is 3.94. The lowest BCUT2D eigenvalue weighted by atomic mass is 10.1. The third kappa shape index (κ3) is 2.88. The summed E-state index contributed by atoms with van der Waals surface area (Å²) >= 11 is 0. The van der Waals surface area contributed by atoms with Gasteiger partial charge in [-0.3, -0.25) is 9.89 Å². The molecule has 32 heavy (non-hydrogen) atoms. The molecule has 0 spiro atoms. The molecule has 0 aliphatic carbocycles. The number of aromatic nitrogens is 4. The highest BCUT2D eigenvalue weighted by Crippen LogP contribution is 2.44. The Hall–Kier alpha value is -4.34. The Morgan fingerprint density at radius 1 is 1.16 bits per heavy atom. The second-order valence-electron chi connectivity index (χ2n) is 7.92. The molecule has 2 aromatic carbocycles. The topological polar surface area (TPSA) is 148 Å². The fraction of sp³-hybridized carbons (Fsp3) is 0.182. The van der Waals surface area contributed by atoms with Crippen molar-refractivity contribution in [2.75, 3.05) is 22.5 Å². The van der Waals surface area contributed by atoms with Crippen LogP contribution >= 0.6 is 0 Å². The summed E-state index contributed by atoms with van der Waals surface area (Å²) in [5.41, 5.74) is 14.7. The Labute approximate surface area is 182 Å². The zero-order valence-electron chi connectivity index (χ0n) is 17.0. The molecule has 1 fully saturated rings. The average molecular weight is 428 g/mol. The van der Waals surface area contributed by atoms with Crippen molar-refractivity contribution in [2.24, 2.45) is 5.73 Å². The van der Waals surface area contributed by atoms with E-state index in [-0.39, 0.29) is 11.9 Å². The Morgan fingerprint density at radius 3 is 2.91 bits per heavy atom. The number of fused-ring (bicyclic) bond motifs is 1. The summed E-state index contributed by atoms with van der Waals surface area (Å²) in [6, 6.07) is 13.0. The number of para-hydroxylation sites is 2. The third-order valence-electron chi connectivity index (χ3n) is 5.89. The number of hydrogen-bond acceptors (Lipinski definition) is 8. The molecule has 1 atom stereocenters. The molecule has 4 heterocycles. The quantitative estimate of drug-likeness (QED) is 0.343. The Morgan fingerprint density at radius 2 is 2.03 bits per heavy atom. The molecule has 160 valence electrons. The number of nitrogens with one attached hydrogen (secondary N) is 2. The summed E-state index contributed by atoms with van der Waals surface area (Å²) in [7, 11) is 0. The van der Waals surface area contributed by atoms with Crippen molar-refractivity contribution in [3.8, 4) is 22.8 Å². The lowest BCUT2D eigenvalue weighted by Gasteiger charge is -2.23. The molecule has 6 N–H and O–H groups in total. The predicted octanol–water partition coefficient (Wildman–Crippen LogP) is 2.91. The molecule has 6 rings (SSSR count). The molecule has 0 saturated carbocycles. The first-order chi connectivity index (χ1) is 15.6. The number of amides is 1. The van der Waals surface area contributed by atoms with Gasteiger partial charge in [-0.25, -0.2) is 4.98 Å². The largest absolute Gasteiger partial charge is 0.454 e. The van der Waals surface area contributed by atoms with Gasteiger partial charge in [-0.15, -0.1) is 0 Å². The molecule has 0 bridgehead atoms. The van der Waals surface area contributed by atoms with Crippen LogP contribution in [0.5, 0.6) is 11.5 Å². The molecule has 10 nitrogen and oxygen atoms in total. The van der Waals surface area contributed by atoms with E-state index in [9.17, 15) is 4.79 Å². The van der Waals surface area contributed by atoms with Gasteiger partial charge in [0.25, 0.3) is 0 Å². The van der Waals surface area contributed by atoms with Crippen LogP contribution in [0.25, 0.3) is 22.2 Å². The number of nitrogen functional groups attached to an aromatic ring is 1. The van der Waals surface area contributed by atoms with Gasteiger partial charge >= 0.3 is 0 Å². The van der Waals surface area contributed by atoms with Crippen molar-refractivity contribution in [3.05, 3.63) is 42.5 Å². The number of rotatable bonds is 3. The van der Waals surface area contributed by atoms with Gasteiger partial charge in [-0.1, -0.05) is 12.1 Å². The van der Waals surface area contributed by atoms with Gasteiger partial charge in [0.15, 0.2) is 11.6 Å². The first-order valence-electron chi connectivity index (χ1n) is 10.3. The fourth-order valence-corrected chi connectivity index (χ4v) is 4.43. The van der Waals surface area contributed by atoms with Crippen molar-refractivity contribution in [2.45, 2.75) is 18.9 Å². The van der Waals surface area contributed by atoms with Crippen molar-refractivity contribution >= 4 is 40.1 Å². The van der Waals surface area contributed by atoms with Crippen LogP contribution in [0.3, 0.4) is 0 Å². The molecular weight excluding hydrogens is 408 g/mol. The van der Waals surface area contributed by atoms with E-state index < -0.39 is 6.04 Å². The number of benzene rings is 2. The molecule has 1 unspecified atom stereocenters. The number of anilines is 4. The minimum atomic E-state index is -0.398. The summed E-state index contributed by atoms with van der Waals surface area (Å²) in [6.07, 6.45) is 1.56. The molecule has 4 aromatic rings. The van der Waals surface area contributed by atoms with Gasteiger partial charge in [-0.05, 0) is 37.1 Å². The normalized spacial score (nSPS) is 16.9. The maximum atomic E-state index is 11.9.